The van der Waals surface area contributed by atoms with Crippen LogP contribution in [0.15, 0.2) is 23.0 Å². The molecule has 0 radical (unpaired) electrons. The number of rotatable bonds is 3. The average Bonchev–Trinajstić information content (AvgIpc) is 3.25. The third kappa shape index (κ3) is 3.09. The van der Waals surface area contributed by atoms with E-state index >= 15 is 0 Å². The van der Waals surface area contributed by atoms with E-state index in [2.05, 4.69) is 27.7 Å². The molecule has 2 aliphatic rings. The Morgan fingerprint density at radius 2 is 2.12 bits per heavy atom. The number of fused-ring (bicyclic) bond motifs is 1. The fraction of sp³-hybridized carbons (Fsp3) is 0.556. The number of nitrogens with zero attached hydrogens (tertiary/aromatic N) is 1. The second-order valence-corrected chi connectivity index (χ2v) is 7.21. The van der Waals surface area contributed by atoms with Gasteiger partial charge >= 0.3 is 5.69 Å². The molecule has 3 heterocycles. The third-order valence-corrected chi connectivity index (χ3v) is 5.68. The Hall–Kier alpha value is -2.12. The minimum atomic E-state index is -0.247. The quantitative estimate of drug-likeness (QED) is 0.674. The van der Waals surface area contributed by atoms with Crippen molar-refractivity contribution < 1.29 is 4.79 Å². The average molecular weight is 343 g/mol. The first-order chi connectivity index (χ1) is 12.2. The highest BCUT2D eigenvalue weighted by Crippen LogP contribution is 2.28. The Balaban J connectivity index is 1.51. The van der Waals surface area contributed by atoms with Crippen molar-refractivity contribution in [3.63, 3.8) is 0 Å². The lowest BCUT2D eigenvalue weighted by Crippen LogP contribution is -2.48. The van der Waals surface area contributed by atoms with Crippen LogP contribution in [0, 0.1) is 11.8 Å². The predicted octanol–water partition coefficient (Wildman–Crippen LogP) is 1.21. The molecule has 1 amide bonds. The zero-order valence-corrected chi connectivity index (χ0v) is 14.5. The summed E-state index contributed by atoms with van der Waals surface area (Å²) in [5.41, 5.74) is 8.49. The molecule has 2 aromatic rings. The summed E-state index contributed by atoms with van der Waals surface area (Å²) in [7, 11) is 0. The molecule has 1 aromatic heterocycles. The molecular weight excluding hydrogens is 318 g/mol. The van der Waals surface area contributed by atoms with Crippen molar-refractivity contribution in [2.45, 2.75) is 32.2 Å². The normalized spacial score (nSPS) is 27.1. The summed E-state index contributed by atoms with van der Waals surface area (Å²) in [6, 6.07) is 5.78. The third-order valence-electron chi connectivity index (χ3n) is 5.68. The number of H-pyrrole nitrogens is 2. The fourth-order valence-electron chi connectivity index (χ4n) is 4.29. The number of amides is 1. The first-order valence-electron chi connectivity index (χ1n) is 9.15. The Morgan fingerprint density at radius 3 is 2.96 bits per heavy atom. The van der Waals surface area contributed by atoms with E-state index in [4.69, 9.17) is 0 Å². The van der Waals surface area contributed by atoms with Crippen molar-refractivity contribution in [3.8, 4) is 0 Å². The number of hydrogen-bond donors (Lipinski definition) is 4. The summed E-state index contributed by atoms with van der Waals surface area (Å²) in [5, 5.41) is 0. The lowest BCUT2D eigenvalue weighted by Gasteiger charge is -2.37. The Kier molecular flexibility index (Phi) is 4.35. The van der Waals surface area contributed by atoms with Gasteiger partial charge in [-0.1, -0.05) is 13.3 Å². The molecule has 2 saturated heterocycles. The van der Waals surface area contributed by atoms with Gasteiger partial charge in [0.05, 0.1) is 11.0 Å². The van der Waals surface area contributed by atoms with Crippen molar-refractivity contribution in [1.82, 2.24) is 25.7 Å². The van der Waals surface area contributed by atoms with Gasteiger partial charge in [0, 0.05) is 31.2 Å². The molecule has 4 N–H and O–H groups in total. The van der Waals surface area contributed by atoms with Crippen LogP contribution in [0.25, 0.3) is 11.0 Å². The summed E-state index contributed by atoms with van der Waals surface area (Å²) in [6.45, 7) is 4.82. The predicted molar refractivity (Wildman–Crippen MR) is 96.3 cm³/mol. The van der Waals surface area contributed by atoms with E-state index in [1.807, 2.05) is 4.90 Å². The Bertz CT molecular complexity index is 826. The van der Waals surface area contributed by atoms with E-state index in [-0.39, 0.29) is 11.6 Å². The minimum absolute atomic E-state index is 0.0488. The lowest BCUT2D eigenvalue weighted by atomic mass is 9.83. The maximum absolute atomic E-state index is 12.9. The second-order valence-electron chi connectivity index (χ2n) is 7.21. The van der Waals surface area contributed by atoms with Gasteiger partial charge < -0.3 is 14.9 Å². The Morgan fingerprint density at radius 1 is 1.28 bits per heavy atom. The van der Waals surface area contributed by atoms with E-state index < -0.39 is 0 Å². The van der Waals surface area contributed by atoms with E-state index in [1.165, 1.54) is 0 Å². The molecule has 0 aliphatic carbocycles. The van der Waals surface area contributed by atoms with Crippen LogP contribution in [-0.2, 0) is 0 Å². The van der Waals surface area contributed by atoms with Crippen LogP contribution in [0.3, 0.4) is 0 Å². The SMILES string of the molecule is CCC1CNNC1C1CCCN(C(=O)c2ccc3[nH]c(=O)[nH]c3c2)C1. The van der Waals surface area contributed by atoms with Gasteiger partial charge in [0.15, 0.2) is 0 Å². The highest BCUT2D eigenvalue weighted by Gasteiger charge is 2.36. The molecule has 1 aromatic carbocycles. The van der Waals surface area contributed by atoms with Gasteiger partial charge in [-0.25, -0.2) is 4.79 Å². The standard InChI is InChI=1S/C18H25N5O2/c1-2-11-9-19-22-16(11)13-4-3-7-23(10-13)17(24)12-5-6-14-15(8-12)21-18(25)20-14/h5-6,8,11,13,16,19,22H,2-4,7,9-10H2,1H3,(H2,20,21,25). The summed E-state index contributed by atoms with van der Waals surface area (Å²) in [4.78, 5) is 31.7. The van der Waals surface area contributed by atoms with Crippen LogP contribution in [0.1, 0.15) is 36.5 Å². The van der Waals surface area contributed by atoms with E-state index in [9.17, 15) is 9.59 Å². The van der Waals surface area contributed by atoms with Crippen LogP contribution in [-0.4, -0.2) is 46.5 Å². The zero-order chi connectivity index (χ0) is 17.4. The maximum Gasteiger partial charge on any atom is 0.323 e. The molecular formula is C18H25N5O2. The molecule has 0 saturated carbocycles. The molecule has 25 heavy (non-hydrogen) atoms. The smallest absolute Gasteiger partial charge is 0.323 e. The number of carbonyl (C=O) groups is 1. The van der Waals surface area contributed by atoms with Gasteiger partial charge in [0.25, 0.3) is 5.91 Å². The van der Waals surface area contributed by atoms with E-state index in [1.54, 1.807) is 18.2 Å². The monoisotopic (exact) mass is 343 g/mol. The van der Waals surface area contributed by atoms with E-state index in [0.29, 0.717) is 29.0 Å². The molecule has 4 rings (SSSR count). The number of imidazole rings is 1. The number of hydrazine groups is 1. The number of aromatic amines is 2. The molecule has 3 atom stereocenters. The van der Waals surface area contributed by atoms with Gasteiger partial charge in [-0.2, -0.15) is 0 Å². The van der Waals surface area contributed by atoms with Crippen molar-refractivity contribution in [2.75, 3.05) is 19.6 Å². The number of carbonyl (C=O) groups excluding carboxylic acids is 1. The topological polar surface area (TPSA) is 93.0 Å². The summed E-state index contributed by atoms with van der Waals surface area (Å²) in [6.07, 6.45) is 3.34. The van der Waals surface area contributed by atoms with Crippen LogP contribution in [0.4, 0.5) is 0 Å². The summed E-state index contributed by atoms with van der Waals surface area (Å²) < 4.78 is 0. The van der Waals surface area contributed by atoms with Crippen molar-refractivity contribution in [3.05, 3.63) is 34.2 Å². The minimum Gasteiger partial charge on any atom is -0.338 e. The van der Waals surface area contributed by atoms with Crippen LogP contribution in [0.5, 0.6) is 0 Å². The molecule has 2 fully saturated rings. The number of benzene rings is 1. The van der Waals surface area contributed by atoms with Crippen LogP contribution in [0.2, 0.25) is 0 Å². The molecule has 0 spiro atoms. The van der Waals surface area contributed by atoms with Crippen molar-refractivity contribution >= 4 is 16.9 Å². The van der Waals surface area contributed by atoms with Gasteiger partial charge in [0.1, 0.15) is 0 Å². The number of hydrogen-bond acceptors (Lipinski definition) is 4. The highest BCUT2D eigenvalue weighted by atomic mass is 16.2. The van der Waals surface area contributed by atoms with Crippen molar-refractivity contribution in [2.24, 2.45) is 11.8 Å². The molecule has 0 bridgehead atoms. The molecule has 7 nitrogen and oxygen atoms in total. The van der Waals surface area contributed by atoms with E-state index in [0.717, 1.165) is 44.4 Å². The second kappa shape index (κ2) is 6.65. The highest BCUT2D eigenvalue weighted by molar-refractivity contribution is 5.97. The Labute approximate surface area is 146 Å². The first kappa shape index (κ1) is 16.4. The summed E-state index contributed by atoms with van der Waals surface area (Å²) in [5.74, 6) is 1.16. The van der Waals surface area contributed by atoms with Crippen LogP contribution < -0.4 is 16.5 Å². The largest absolute Gasteiger partial charge is 0.338 e. The fourth-order valence-corrected chi connectivity index (χ4v) is 4.29. The maximum atomic E-state index is 12.9. The number of piperidine rings is 1. The zero-order valence-electron chi connectivity index (χ0n) is 14.5. The van der Waals surface area contributed by atoms with Gasteiger partial charge in [-0.05, 0) is 42.9 Å². The first-order valence-corrected chi connectivity index (χ1v) is 9.15. The molecule has 3 unspecified atom stereocenters. The molecule has 2 aliphatic heterocycles. The van der Waals surface area contributed by atoms with Crippen LogP contribution >= 0.6 is 0 Å². The summed E-state index contributed by atoms with van der Waals surface area (Å²) >= 11 is 0. The molecule has 7 heteroatoms. The molecule has 134 valence electrons. The van der Waals surface area contributed by atoms with Crippen molar-refractivity contribution in [1.29, 1.82) is 0 Å². The van der Waals surface area contributed by atoms with Gasteiger partial charge in [0.2, 0.25) is 0 Å². The number of aromatic nitrogens is 2. The lowest BCUT2D eigenvalue weighted by molar-refractivity contribution is 0.0634. The number of likely N-dealkylation sites (tertiary alicyclic amines) is 1. The van der Waals surface area contributed by atoms with Gasteiger partial charge in [-0.15, -0.1) is 0 Å². The number of nitrogens with one attached hydrogen (secondary N) is 4. The van der Waals surface area contributed by atoms with Gasteiger partial charge in [-0.3, -0.25) is 15.6 Å².